The maximum atomic E-state index is 10.5. The van der Waals surface area contributed by atoms with Crippen LogP contribution in [0.3, 0.4) is 0 Å². The van der Waals surface area contributed by atoms with Crippen molar-refractivity contribution in [2.24, 2.45) is 7.05 Å². The van der Waals surface area contributed by atoms with Gasteiger partial charge in [0.1, 0.15) is 5.60 Å². The molecule has 1 aromatic heterocycles. The average Bonchev–Trinajstić information content (AvgIpc) is 2.80. The summed E-state index contributed by atoms with van der Waals surface area (Å²) >= 11 is 6.04. The Morgan fingerprint density at radius 3 is 2.48 bits per heavy atom. The summed E-state index contributed by atoms with van der Waals surface area (Å²) in [5.74, 6) is 0. The molecule has 0 amide bonds. The predicted molar refractivity (Wildman–Crippen MR) is 85.4 cm³/mol. The first-order valence-corrected chi connectivity index (χ1v) is 7.35. The van der Waals surface area contributed by atoms with Gasteiger partial charge in [-0.2, -0.15) is 5.10 Å². The van der Waals surface area contributed by atoms with Crippen LogP contribution in [0.15, 0.2) is 24.5 Å². The van der Waals surface area contributed by atoms with Gasteiger partial charge in [-0.3, -0.25) is 4.68 Å². The molecule has 5 heteroatoms. The van der Waals surface area contributed by atoms with Gasteiger partial charge in [0.15, 0.2) is 0 Å². The zero-order valence-corrected chi connectivity index (χ0v) is 13.7. The van der Waals surface area contributed by atoms with Crippen molar-refractivity contribution in [2.45, 2.75) is 32.9 Å². The minimum Gasteiger partial charge on any atom is -0.384 e. The standard InChI is InChI=1S/C16H22ClN3O/c1-11-5-14(17)6-12(2)15(11)8-18-10-16(3,21)13-7-19-20(4)9-13/h5-7,9,18,21H,8,10H2,1-4H3. The fraction of sp³-hybridized carbons (Fsp3) is 0.438. The van der Waals surface area contributed by atoms with Crippen LogP contribution in [0.4, 0.5) is 0 Å². The molecule has 0 radical (unpaired) electrons. The quantitative estimate of drug-likeness (QED) is 0.893. The van der Waals surface area contributed by atoms with Crippen molar-refractivity contribution in [3.8, 4) is 0 Å². The highest BCUT2D eigenvalue weighted by Gasteiger charge is 2.24. The largest absolute Gasteiger partial charge is 0.384 e. The Kier molecular flexibility index (Phi) is 4.71. The number of halogens is 1. The molecule has 0 bridgehead atoms. The van der Waals surface area contributed by atoms with Gasteiger partial charge in [0.2, 0.25) is 0 Å². The van der Waals surface area contributed by atoms with Crippen LogP contribution >= 0.6 is 11.6 Å². The molecular formula is C16H22ClN3O. The van der Waals surface area contributed by atoms with Crippen LogP contribution < -0.4 is 5.32 Å². The molecule has 0 aliphatic carbocycles. The summed E-state index contributed by atoms with van der Waals surface area (Å²) < 4.78 is 1.69. The maximum absolute atomic E-state index is 10.5. The Bertz CT molecular complexity index is 611. The number of aryl methyl sites for hydroxylation is 3. The summed E-state index contributed by atoms with van der Waals surface area (Å²) in [5.41, 5.74) is 3.41. The summed E-state index contributed by atoms with van der Waals surface area (Å²) in [6.07, 6.45) is 3.53. The molecule has 0 fully saturated rings. The minimum absolute atomic E-state index is 0.459. The van der Waals surface area contributed by atoms with E-state index < -0.39 is 5.60 Å². The molecule has 2 N–H and O–H groups in total. The molecule has 0 spiro atoms. The van der Waals surface area contributed by atoms with Crippen molar-refractivity contribution in [1.29, 1.82) is 0 Å². The molecule has 2 rings (SSSR count). The number of nitrogens with zero attached hydrogens (tertiary/aromatic N) is 2. The van der Waals surface area contributed by atoms with E-state index in [9.17, 15) is 5.11 Å². The third kappa shape index (κ3) is 3.84. The van der Waals surface area contributed by atoms with Crippen LogP contribution in [0.1, 0.15) is 29.2 Å². The van der Waals surface area contributed by atoms with Gasteiger partial charge in [-0.25, -0.2) is 0 Å². The lowest BCUT2D eigenvalue weighted by atomic mass is 9.98. The number of hydrogen-bond acceptors (Lipinski definition) is 3. The topological polar surface area (TPSA) is 50.1 Å². The normalized spacial score (nSPS) is 14.2. The van der Waals surface area contributed by atoms with Crippen molar-refractivity contribution in [3.05, 3.63) is 51.8 Å². The zero-order valence-electron chi connectivity index (χ0n) is 12.9. The highest BCUT2D eigenvalue weighted by molar-refractivity contribution is 6.30. The van der Waals surface area contributed by atoms with Crippen LogP contribution in [0.2, 0.25) is 5.02 Å². The van der Waals surface area contributed by atoms with Gasteiger partial charge >= 0.3 is 0 Å². The fourth-order valence-corrected chi connectivity index (χ4v) is 2.78. The Morgan fingerprint density at radius 2 is 1.95 bits per heavy atom. The number of hydrogen-bond donors (Lipinski definition) is 2. The molecule has 4 nitrogen and oxygen atoms in total. The summed E-state index contributed by atoms with van der Waals surface area (Å²) in [5, 5.41) is 18.7. The molecule has 114 valence electrons. The van der Waals surface area contributed by atoms with Crippen molar-refractivity contribution in [3.63, 3.8) is 0 Å². The molecule has 1 unspecified atom stereocenters. The molecule has 2 aromatic rings. The van der Waals surface area contributed by atoms with Crippen LogP contribution in [0.25, 0.3) is 0 Å². The molecule has 0 saturated heterocycles. The molecule has 21 heavy (non-hydrogen) atoms. The Morgan fingerprint density at radius 1 is 1.33 bits per heavy atom. The van der Waals surface area contributed by atoms with Gasteiger partial charge in [0.25, 0.3) is 0 Å². The lowest BCUT2D eigenvalue weighted by Gasteiger charge is -2.23. The number of nitrogens with one attached hydrogen (secondary N) is 1. The van der Waals surface area contributed by atoms with Crippen LogP contribution in [0, 0.1) is 13.8 Å². The van der Waals surface area contributed by atoms with Crippen molar-refractivity contribution >= 4 is 11.6 Å². The third-order valence-electron chi connectivity index (χ3n) is 3.76. The molecule has 1 atom stereocenters. The Labute approximate surface area is 130 Å². The van der Waals surface area contributed by atoms with Crippen molar-refractivity contribution in [1.82, 2.24) is 15.1 Å². The van der Waals surface area contributed by atoms with E-state index in [1.54, 1.807) is 17.8 Å². The first kappa shape index (κ1) is 16.0. The minimum atomic E-state index is -0.942. The van der Waals surface area contributed by atoms with Crippen molar-refractivity contribution < 1.29 is 5.11 Å². The summed E-state index contributed by atoms with van der Waals surface area (Å²) in [6.45, 7) is 7.05. The van der Waals surface area contributed by atoms with Gasteiger partial charge in [0, 0.05) is 36.9 Å². The molecular weight excluding hydrogens is 286 g/mol. The first-order valence-electron chi connectivity index (χ1n) is 6.97. The first-order chi connectivity index (χ1) is 9.79. The number of aliphatic hydroxyl groups is 1. The van der Waals surface area contributed by atoms with E-state index in [2.05, 4.69) is 24.3 Å². The Hall–Kier alpha value is -1.36. The maximum Gasteiger partial charge on any atom is 0.102 e. The Balaban J connectivity index is 2.01. The van der Waals surface area contributed by atoms with E-state index in [4.69, 9.17) is 11.6 Å². The van der Waals surface area contributed by atoms with E-state index in [1.165, 1.54) is 5.56 Å². The van der Waals surface area contributed by atoms with Gasteiger partial charge < -0.3 is 10.4 Å². The molecule has 0 aliphatic heterocycles. The SMILES string of the molecule is Cc1cc(Cl)cc(C)c1CNCC(C)(O)c1cnn(C)c1. The lowest BCUT2D eigenvalue weighted by molar-refractivity contribution is 0.0565. The van der Waals surface area contributed by atoms with E-state index in [1.807, 2.05) is 25.4 Å². The van der Waals surface area contributed by atoms with E-state index in [-0.39, 0.29) is 0 Å². The highest BCUT2D eigenvalue weighted by atomic mass is 35.5. The fourth-order valence-electron chi connectivity index (χ4n) is 2.45. The van der Waals surface area contributed by atoms with Crippen LogP contribution in [-0.2, 0) is 19.2 Å². The van der Waals surface area contributed by atoms with E-state index in [0.29, 0.717) is 13.1 Å². The lowest BCUT2D eigenvalue weighted by Crippen LogP contribution is -2.35. The monoisotopic (exact) mass is 307 g/mol. The number of benzene rings is 1. The summed E-state index contributed by atoms with van der Waals surface area (Å²) in [7, 11) is 1.84. The second kappa shape index (κ2) is 6.18. The molecule has 0 aliphatic rings. The number of aromatic nitrogens is 2. The smallest absolute Gasteiger partial charge is 0.102 e. The summed E-state index contributed by atoms with van der Waals surface area (Å²) in [6, 6.07) is 3.93. The van der Waals surface area contributed by atoms with Crippen LogP contribution in [-0.4, -0.2) is 21.4 Å². The van der Waals surface area contributed by atoms with E-state index in [0.717, 1.165) is 21.7 Å². The summed E-state index contributed by atoms with van der Waals surface area (Å²) in [4.78, 5) is 0. The van der Waals surface area contributed by atoms with Crippen LogP contribution in [0.5, 0.6) is 0 Å². The zero-order chi connectivity index (χ0) is 15.6. The average molecular weight is 308 g/mol. The van der Waals surface area contributed by atoms with Gasteiger partial charge in [-0.1, -0.05) is 11.6 Å². The third-order valence-corrected chi connectivity index (χ3v) is 3.98. The molecule has 0 saturated carbocycles. The second-order valence-corrected chi connectivity index (χ2v) is 6.23. The second-order valence-electron chi connectivity index (χ2n) is 5.80. The molecule has 1 heterocycles. The van der Waals surface area contributed by atoms with Crippen molar-refractivity contribution in [2.75, 3.05) is 6.54 Å². The molecule has 1 aromatic carbocycles. The van der Waals surface area contributed by atoms with Gasteiger partial charge in [-0.05, 0) is 49.6 Å². The number of rotatable bonds is 5. The predicted octanol–water partition coefficient (Wildman–Crippen LogP) is 2.69. The highest BCUT2D eigenvalue weighted by Crippen LogP contribution is 2.21. The van der Waals surface area contributed by atoms with Gasteiger partial charge in [-0.15, -0.1) is 0 Å². The van der Waals surface area contributed by atoms with E-state index >= 15 is 0 Å². The van der Waals surface area contributed by atoms with Gasteiger partial charge in [0.05, 0.1) is 6.20 Å².